The second-order valence-electron chi connectivity index (χ2n) is 5.65. The zero-order valence-electron chi connectivity index (χ0n) is 14.0. The van der Waals surface area contributed by atoms with E-state index in [-0.39, 0.29) is 18.4 Å². The summed E-state index contributed by atoms with van der Waals surface area (Å²) in [6.07, 6.45) is 3.01. The number of nitrogens with two attached hydrogens (primary N) is 3. The van der Waals surface area contributed by atoms with Crippen LogP contribution >= 0.6 is 0 Å². The normalized spacial score (nSPS) is 11.7. The topological polar surface area (TPSA) is 150 Å². The van der Waals surface area contributed by atoms with Crippen molar-refractivity contribution in [3.63, 3.8) is 0 Å². The summed E-state index contributed by atoms with van der Waals surface area (Å²) in [5.41, 5.74) is 18.2. The van der Waals surface area contributed by atoms with Crippen LogP contribution < -0.4 is 22.5 Å². The maximum atomic E-state index is 12.1. The molecule has 0 bridgehead atoms. The van der Waals surface area contributed by atoms with Crippen molar-refractivity contribution < 1.29 is 4.79 Å². The number of aliphatic imine (C=N–C) groups is 1. The minimum Gasteiger partial charge on any atom is -0.370 e. The lowest BCUT2D eigenvalue weighted by molar-refractivity contribution is -0.122. The van der Waals surface area contributed by atoms with Crippen LogP contribution in [-0.4, -0.2) is 39.4 Å². The monoisotopic (exact) mass is 344 g/mol. The van der Waals surface area contributed by atoms with Crippen LogP contribution in [-0.2, 0) is 24.3 Å². The molecule has 1 amide bonds. The number of benzene rings is 1. The number of aromatic nitrogens is 3. The van der Waals surface area contributed by atoms with Crippen molar-refractivity contribution in [3.05, 3.63) is 47.8 Å². The van der Waals surface area contributed by atoms with Crippen LogP contribution in [0.25, 0.3) is 0 Å². The average Bonchev–Trinajstić information content (AvgIpc) is 3.05. The molecule has 7 N–H and O–H groups in total. The number of hydrogen-bond acceptors (Lipinski definition) is 5. The Labute approximate surface area is 146 Å². The van der Waals surface area contributed by atoms with E-state index in [2.05, 4.69) is 20.6 Å². The van der Waals surface area contributed by atoms with Gasteiger partial charge in [0.2, 0.25) is 5.91 Å². The number of carbonyl (C=O) groups is 1. The molecule has 0 radical (unpaired) electrons. The van der Waals surface area contributed by atoms with E-state index in [4.69, 9.17) is 17.2 Å². The standard InChI is InChI=1S/C16H24N8O/c17-14(9-12-5-2-1-3-6-12)15(25)21-10-13-11-24(23-22-13)8-4-7-20-16(18)19/h1-3,5-6,11,14H,4,7-10,17H2,(H,21,25)(H4,18,19,20)/t14-/m0/s1. The highest BCUT2D eigenvalue weighted by Crippen LogP contribution is 2.02. The van der Waals surface area contributed by atoms with Crippen LogP contribution in [0.4, 0.5) is 0 Å². The lowest BCUT2D eigenvalue weighted by atomic mass is 10.1. The van der Waals surface area contributed by atoms with E-state index in [1.165, 1.54) is 0 Å². The fourth-order valence-corrected chi connectivity index (χ4v) is 2.24. The summed E-state index contributed by atoms with van der Waals surface area (Å²) in [5, 5.41) is 10.8. The van der Waals surface area contributed by atoms with Crippen molar-refractivity contribution in [3.8, 4) is 0 Å². The number of nitrogens with one attached hydrogen (secondary N) is 1. The molecule has 0 saturated carbocycles. The van der Waals surface area contributed by atoms with Gasteiger partial charge in [-0.2, -0.15) is 0 Å². The minimum atomic E-state index is -0.600. The number of carbonyl (C=O) groups excluding carboxylic acids is 1. The zero-order valence-corrected chi connectivity index (χ0v) is 14.0. The third kappa shape index (κ3) is 6.60. The van der Waals surface area contributed by atoms with Gasteiger partial charge in [-0.25, -0.2) is 0 Å². The van der Waals surface area contributed by atoms with Crippen LogP contribution in [0.15, 0.2) is 41.5 Å². The molecule has 2 aromatic rings. The molecule has 0 spiro atoms. The quantitative estimate of drug-likeness (QED) is 0.264. The predicted molar refractivity (Wildman–Crippen MR) is 95.3 cm³/mol. The van der Waals surface area contributed by atoms with Crippen LogP contribution in [0.5, 0.6) is 0 Å². The Hall–Kier alpha value is -2.94. The highest BCUT2D eigenvalue weighted by molar-refractivity contribution is 5.81. The summed E-state index contributed by atoms with van der Waals surface area (Å²) >= 11 is 0. The van der Waals surface area contributed by atoms with E-state index in [1.54, 1.807) is 10.9 Å². The van der Waals surface area contributed by atoms with Gasteiger partial charge in [0, 0.05) is 13.1 Å². The fourth-order valence-electron chi connectivity index (χ4n) is 2.24. The first-order valence-corrected chi connectivity index (χ1v) is 8.06. The Kier molecular flexibility index (Phi) is 6.90. The molecule has 9 nitrogen and oxygen atoms in total. The predicted octanol–water partition coefficient (Wildman–Crippen LogP) is -0.872. The summed E-state index contributed by atoms with van der Waals surface area (Å²) in [7, 11) is 0. The number of rotatable bonds is 9. The molecule has 2 rings (SSSR count). The molecule has 134 valence electrons. The highest BCUT2D eigenvalue weighted by atomic mass is 16.2. The van der Waals surface area contributed by atoms with Crippen LogP contribution in [0.3, 0.4) is 0 Å². The smallest absolute Gasteiger partial charge is 0.237 e. The Bertz CT molecular complexity index is 693. The maximum absolute atomic E-state index is 12.1. The molecular formula is C16H24N8O. The van der Waals surface area contributed by atoms with Crippen molar-refractivity contribution in [2.24, 2.45) is 22.2 Å². The Morgan fingerprint density at radius 2 is 2.04 bits per heavy atom. The lowest BCUT2D eigenvalue weighted by Gasteiger charge is -2.11. The second-order valence-corrected chi connectivity index (χ2v) is 5.65. The summed E-state index contributed by atoms with van der Waals surface area (Å²) in [5.74, 6) is -0.139. The third-order valence-corrected chi connectivity index (χ3v) is 3.50. The van der Waals surface area contributed by atoms with E-state index in [0.29, 0.717) is 25.2 Å². The lowest BCUT2D eigenvalue weighted by Crippen LogP contribution is -2.41. The first kappa shape index (κ1) is 18.4. The molecule has 0 fully saturated rings. The van der Waals surface area contributed by atoms with E-state index in [9.17, 15) is 4.79 Å². The molecule has 0 saturated heterocycles. The Morgan fingerprint density at radius 1 is 1.28 bits per heavy atom. The van der Waals surface area contributed by atoms with Crippen molar-refractivity contribution >= 4 is 11.9 Å². The third-order valence-electron chi connectivity index (χ3n) is 3.50. The Morgan fingerprint density at radius 3 is 2.76 bits per heavy atom. The molecule has 1 atom stereocenters. The van der Waals surface area contributed by atoms with Crippen molar-refractivity contribution in [1.29, 1.82) is 0 Å². The largest absolute Gasteiger partial charge is 0.370 e. The fraction of sp³-hybridized carbons (Fsp3) is 0.375. The minimum absolute atomic E-state index is 0.0776. The SMILES string of the molecule is NC(N)=NCCCn1cc(CNC(=O)[C@@H](N)Cc2ccccc2)nn1. The molecular weight excluding hydrogens is 320 g/mol. The number of aryl methyl sites for hydroxylation is 1. The van der Waals surface area contributed by atoms with Crippen LogP contribution in [0.2, 0.25) is 0 Å². The maximum Gasteiger partial charge on any atom is 0.237 e. The van der Waals surface area contributed by atoms with Gasteiger partial charge < -0.3 is 22.5 Å². The summed E-state index contributed by atoms with van der Waals surface area (Å²) in [4.78, 5) is 16.0. The van der Waals surface area contributed by atoms with E-state index < -0.39 is 6.04 Å². The van der Waals surface area contributed by atoms with Gasteiger partial charge in [0.1, 0.15) is 5.69 Å². The second kappa shape index (κ2) is 9.38. The Balaban J connectivity index is 1.73. The molecule has 1 aromatic carbocycles. The van der Waals surface area contributed by atoms with Gasteiger partial charge in [-0.1, -0.05) is 35.5 Å². The van der Waals surface area contributed by atoms with Crippen molar-refractivity contribution in [2.45, 2.75) is 32.0 Å². The number of guanidine groups is 1. The summed E-state index contributed by atoms with van der Waals surface area (Å²) < 4.78 is 1.69. The summed E-state index contributed by atoms with van der Waals surface area (Å²) in [6, 6.07) is 9.06. The van der Waals surface area contributed by atoms with Gasteiger partial charge in [-0.15, -0.1) is 5.10 Å². The van der Waals surface area contributed by atoms with Crippen LogP contribution in [0, 0.1) is 0 Å². The van der Waals surface area contributed by atoms with Crippen molar-refractivity contribution in [1.82, 2.24) is 20.3 Å². The average molecular weight is 344 g/mol. The molecule has 0 aliphatic heterocycles. The van der Waals surface area contributed by atoms with Gasteiger partial charge in [0.05, 0.1) is 18.8 Å². The first-order valence-electron chi connectivity index (χ1n) is 8.06. The summed E-state index contributed by atoms with van der Waals surface area (Å²) in [6.45, 7) is 1.46. The molecule has 25 heavy (non-hydrogen) atoms. The van der Waals surface area contributed by atoms with E-state index >= 15 is 0 Å². The molecule has 0 aliphatic rings. The highest BCUT2D eigenvalue weighted by Gasteiger charge is 2.14. The van der Waals surface area contributed by atoms with E-state index in [1.807, 2.05) is 30.3 Å². The number of nitrogens with zero attached hydrogens (tertiary/aromatic N) is 4. The number of amides is 1. The molecule has 0 unspecified atom stereocenters. The van der Waals surface area contributed by atoms with Gasteiger partial charge >= 0.3 is 0 Å². The first-order chi connectivity index (χ1) is 12.0. The molecule has 0 aliphatic carbocycles. The van der Waals surface area contributed by atoms with Gasteiger partial charge in [-0.3, -0.25) is 14.5 Å². The zero-order chi connectivity index (χ0) is 18.1. The van der Waals surface area contributed by atoms with E-state index in [0.717, 1.165) is 12.0 Å². The number of hydrogen-bond donors (Lipinski definition) is 4. The van der Waals surface area contributed by atoms with Crippen LogP contribution in [0.1, 0.15) is 17.7 Å². The molecule has 9 heteroatoms. The molecule has 1 heterocycles. The van der Waals surface area contributed by atoms with Gasteiger partial charge in [0.25, 0.3) is 0 Å². The van der Waals surface area contributed by atoms with Gasteiger partial charge in [-0.05, 0) is 18.4 Å². The van der Waals surface area contributed by atoms with Gasteiger partial charge in [0.15, 0.2) is 5.96 Å². The molecule has 1 aromatic heterocycles. The van der Waals surface area contributed by atoms with Crippen molar-refractivity contribution in [2.75, 3.05) is 6.54 Å².